The number of cyclic esters (lactones) is 1. The first-order valence-corrected chi connectivity index (χ1v) is 12.4. The van der Waals surface area contributed by atoms with Crippen LogP contribution in [0.5, 0.6) is 0 Å². The van der Waals surface area contributed by atoms with Crippen molar-refractivity contribution in [3.8, 4) is 0 Å². The summed E-state index contributed by atoms with van der Waals surface area (Å²) in [5.74, 6) is -0.721. The average Bonchev–Trinajstić information content (AvgIpc) is 2.77. The Kier molecular flexibility index (Phi) is 15.2. The molecule has 0 radical (unpaired) electrons. The number of nitrogens with one attached hydrogen (secondary N) is 1. The number of hydrogen-bond donors (Lipinski definition) is 1. The standard InChI is InChI=1S/C26H43NO5/c1-4-6-8-10-11-12-13-14-15-17-22(31-25(29)21(3)27-20-28)19-24-23(26(30)32-24)18-16-9-7-5-2/h11-12,14-15,20-24H,4-10,13,16-19H2,1-3H3,(H,27,28)/b12-11-,15-14-/t21-,22-,23-,24-/m0/s1. The molecular weight excluding hydrogens is 406 g/mol. The van der Waals surface area contributed by atoms with E-state index in [0.29, 0.717) is 19.3 Å². The SMILES string of the molecule is CCCCC/C=C\C/C=C\C[C@@H](C[C@@H]1OC(=O)[C@H]1CCCCCC)OC(=O)[C@H](C)NC=O. The first-order chi connectivity index (χ1) is 15.5. The van der Waals surface area contributed by atoms with E-state index in [0.717, 1.165) is 38.5 Å². The molecule has 0 aliphatic carbocycles. The van der Waals surface area contributed by atoms with Gasteiger partial charge in [0.25, 0.3) is 0 Å². The Bertz CT molecular complexity index is 601. The molecule has 6 heteroatoms. The highest BCUT2D eigenvalue weighted by Crippen LogP contribution is 2.32. The normalized spacial score (nSPS) is 20.0. The van der Waals surface area contributed by atoms with Gasteiger partial charge in [0, 0.05) is 12.8 Å². The molecule has 32 heavy (non-hydrogen) atoms. The summed E-state index contributed by atoms with van der Waals surface area (Å²) >= 11 is 0. The first kappa shape index (κ1) is 27.9. The Labute approximate surface area is 194 Å². The molecule has 1 fully saturated rings. The molecule has 0 aromatic carbocycles. The second kappa shape index (κ2) is 17.4. The molecule has 0 saturated carbocycles. The second-order valence-electron chi connectivity index (χ2n) is 8.64. The maximum atomic E-state index is 12.3. The Morgan fingerprint density at radius 3 is 2.47 bits per heavy atom. The molecule has 1 aliphatic heterocycles. The lowest BCUT2D eigenvalue weighted by Crippen LogP contribution is -2.47. The van der Waals surface area contributed by atoms with Gasteiger partial charge in [0.1, 0.15) is 18.2 Å². The Morgan fingerprint density at radius 1 is 1.06 bits per heavy atom. The molecule has 0 bridgehead atoms. The van der Waals surface area contributed by atoms with Crippen LogP contribution in [0.3, 0.4) is 0 Å². The number of carbonyl (C=O) groups excluding carboxylic acids is 3. The van der Waals surface area contributed by atoms with Gasteiger partial charge in [-0.1, -0.05) is 76.7 Å². The molecule has 0 spiro atoms. The van der Waals surface area contributed by atoms with Crippen molar-refractivity contribution in [3.63, 3.8) is 0 Å². The van der Waals surface area contributed by atoms with E-state index in [9.17, 15) is 14.4 Å². The average molecular weight is 450 g/mol. The van der Waals surface area contributed by atoms with E-state index < -0.39 is 12.0 Å². The van der Waals surface area contributed by atoms with Crippen LogP contribution in [-0.2, 0) is 23.9 Å². The van der Waals surface area contributed by atoms with Gasteiger partial charge in [-0.2, -0.15) is 0 Å². The third-order valence-corrected chi connectivity index (χ3v) is 5.82. The molecule has 1 amide bonds. The monoisotopic (exact) mass is 449 g/mol. The molecule has 1 rings (SSSR count). The van der Waals surface area contributed by atoms with Gasteiger partial charge in [0.15, 0.2) is 0 Å². The number of amides is 1. The molecular formula is C26H43NO5. The van der Waals surface area contributed by atoms with Crippen LogP contribution >= 0.6 is 0 Å². The zero-order chi connectivity index (χ0) is 23.6. The largest absolute Gasteiger partial charge is 0.461 e. The summed E-state index contributed by atoms with van der Waals surface area (Å²) in [6.45, 7) is 5.95. The van der Waals surface area contributed by atoms with E-state index in [1.807, 2.05) is 6.08 Å². The van der Waals surface area contributed by atoms with Crippen molar-refractivity contribution in [2.24, 2.45) is 5.92 Å². The summed E-state index contributed by atoms with van der Waals surface area (Å²) in [6, 6.07) is -0.709. The first-order valence-electron chi connectivity index (χ1n) is 12.4. The van der Waals surface area contributed by atoms with Crippen LogP contribution in [0.2, 0.25) is 0 Å². The Balaban J connectivity index is 2.56. The van der Waals surface area contributed by atoms with Crippen molar-refractivity contribution in [2.45, 2.75) is 116 Å². The topological polar surface area (TPSA) is 81.7 Å². The molecule has 6 nitrogen and oxygen atoms in total. The maximum absolute atomic E-state index is 12.3. The molecule has 182 valence electrons. The van der Waals surface area contributed by atoms with Crippen LogP contribution in [0.1, 0.15) is 97.8 Å². The lowest BCUT2D eigenvalue weighted by Gasteiger charge is -2.37. The molecule has 4 atom stereocenters. The second-order valence-corrected chi connectivity index (χ2v) is 8.64. The van der Waals surface area contributed by atoms with Crippen molar-refractivity contribution in [1.82, 2.24) is 5.32 Å². The van der Waals surface area contributed by atoms with Crippen LogP contribution in [-0.4, -0.2) is 36.6 Å². The zero-order valence-corrected chi connectivity index (χ0v) is 20.2. The predicted octanol–water partition coefficient (Wildman–Crippen LogP) is 5.41. The van der Waals surface area contributed by atoms with Crippen LogP contribution in [0, 0.1) is 5.92 Å². The van der Waals surface area contributed by atoms with Gasteiger partial charge in [-0.25, -0.2) is 4.79 Å². The highest BCUT2D eigenvalue weighted by atomic mass is 16.6. The number of esters is 2. The Hall–Kier alpha value is -2.11. The predicted molar refractivity (Wildman–Crippen MR) is 127 cm³/mol. The minimum Gasteiger partial charge on any atom is -0.461 e. The van der Waals surface area contributed by atoms with Gasteiger partial charge in [0.2, 0.25) is 6.41 Å². The van der Waals surface area contributed by atoms with Crippen molar-refractivity contribution >= 4 is 18.3 Å². The fourth-order valence-electron chi connectivity index (χ4n) is 3.74. The van der Waals surface area contributed by atoms with Gasteiger partial charge in [-0.3, -0.25) is 9.59 Å². The maximum Gasteiger partial charge on any atom is 0.328 e. The fraction of sp³-hybridized carbons (Fsp3) is 0.731. The third-order valence-electron chi connectivity index (χ3n) is 5.82. The molecule has 0 aromatic heterocycles. The molecule has 0 unspecified atom stereocenters. The van der Waals surface area contributed by atoms with Gasteiger partial charge >= 0.3 is 11.9 Å². The van der Waals surface area contributed by atoms with E-state index >= 15 is 0 Å². The number of hydrogen-bond acceptors (Lipinski definition) is 5. The quantitative estimate of drug-likeness (QED) is 0.123. The van der Waals surface area contributed by atoms with E-state index in [2.05, 4.69) is 37.4 Å². The summed E-state index contributed by atoms with van der Waals surface area (Å²) < 4.78 is 11.0. The minimum absolute atomic E-state index is 0.103. The number of rotatable bonds is 19. The third kappa shape index (κ3) is 11.5. The molecule has 0 aromatic rings. The molecule has 1 aliphatic rings. The van der Waals surface area contributed by atoms with E-state index in [-0.39, 0.29) is 24.1 Å². The van der Waals surface area contributed by atoms with Gasteiger partial charge < -0.3 is 14.8 Å². The Morgan fingerprint density at radius 2 is 1.78 bits per heavy atom. The minimum atomic E-state index is -0.709. The van der Waals surface area contributed by atoms with Crippen molar-refractivity contribution in [1.29, 1.82) is 0 Å². The van der Waals surface area contributed by atoms with Crippen LogP contribution in [0.15, 0.2) is 24.3 Å². The number of unbranched alkanes of at least 4 members (excludes halogenated alkanes) is 6. The number of carbonyl (C=O) groups is 3. The summed E-state index contributed by atoms with van der Waals surface area (Å²) in [5.41, 5.74) is 0. The fourth-order valence-corrected chi connectivity index (χ4v) is 3.74. The van der Waals surface area contributed by atoms with Gasteiger partial charge in [-0.05, 0) is 32.6 Å². The molecule has 1 heterocycles. The van der Waals surface area contributed by atoms with E-state index in [4.69, 9.17) is 9.47 Å². The van der Waals surface area contributed by atoms with E-state index in [1.54, 1.807) is 6.92 Å². The van der Waals surface area contributed by atoms with Crippen LogP contribution in [0.25, 0.3) is 0 Å². The summed E-state index contributed by atoms with van der Waals surface area (Å²) in [5, 5.41) is 2.42. The van der Waals surface area contributed by atoms with Crippen LogP contribution < -0.4 is 5.32 Å². The van der Waals surface area contributed by atoms with Crippen molar-refractivity contribution in [2.75, 3.05) is 0 Å². The highest BCUT2D eigenvalue weighted by molar-refractivity contribution is 5.79. The van der Waals surface area contributed by atoms with Gasteiger partial charge in [0.05, 0.1) is 5.92 Å². The smallest absolute Gasteiger partial charge is 0.328 e. The number of ether oxygens (including phenoxy) is 2. The molecule has 1 saturated heterocycles. The summed E-state index contributed by atoms with van der Waals surface area (Å²) in [4.78, 5) is 34.8. The summed E-state index contributed by atoms with van der Waals surface area (Å²) in [6.07, 6.45) is 20.3. The lowest BCUT2D eigenvalue weighted by atomic mass is 9.87. The van der Waals surface area contributed by atoms with E-state index in [1.165, 1.54) is 25.7 Å². The van der Waals surface area contributed by atoms with Crippen molar-refractivity contribution < 1.29 is 23.9 Å². The highest BCUT2D eigenvalue weighted by Gasteiger charge is 2.43. The van der Waals surface area contributed by atoms with Gasteiger partial charge in [-0.15, -0.1) is 0 Å². The lowest BCUT2D eigenvalue weighted by molar-refractivity contribution is -0.190. The van der Waals surface area contributed by atoms with Crippen molar-refractivity contribution in [3.05, 3.63) is 24.3 Å². The summed E-state index contributed by atoms with van der Waals surface area (Å²) in [7, 11) is 0. The molecule has 1 N–H and O–H groups in total. The zero-order valence-electron chi connectivity index (χ0n) is 20.2. The van der Waals surface area contributed by atoms with Crippen LogP contribution in [0.4, 0.5) is 0 Å². The number of allylic oxidation sites excluding steroid dienone is 3.